The lowest BCUT2D eigenvalue weighted by molar-refractivity contribution is -0.388. The van der Waals surface area contributed by atoms with Crippen molar-refractivity contribution >= 4 is 28.1 Å². The van der Waals surface area contributed by atoms with Gasteiger partial charge < -0.3 is 15.0 Å². The van der Waals surface area contributed by atoms with Gasteiger partial charge in [-0.1, -0.05) is 18.2 Å². The molecule has 44 heavy (non-hydrogen) atoms. The first-order chi connectivity index (χ1) is 20.9. The highest BCUT2D eigenvalue weighted by molar-refractivity contribution is 5.83. The van der Waals surface area contributed by atoms with E-state index in [9.17, 15) is 32.5 Å². The number of carbonyl (C=O) groups excluding carboxylic acids is 1. The summed E-state index contributed by atoms with van der Waals surface area (Å²) in [5.41, 5.74) is -0.941. The number of hydrogen-bond acceptors (Lipinski definition) is 6. The Morgan fingerprint density at radius 2 is 1.68 bits per heavy atom. The molecule has 1 aliphatic carbocycles. The number of nitrogens with one attached hydrogen (secondary N) is 1. The minimum absolute atomic E-state index is 0.0000690. The monoisotopic (exact) mass is 616 g/mol. The predicted octanol–water partition coefficient (Wildman–Crippen LogP) is 6.77. The maximum atomic E-state index is 13.5. The number of fused-ring (bicyclic) bond motifs is 1. The summed E-state index contributed by atoms with van der Waals surface area (Å²) in [6.07, 6.45) is -2.42. The lowest BCUT2D eigenvalue weighted by Crippen LogP contribution is -2.58. The molecule has 8 nitrogen and oxygen atoms in total. The SMILES string of the molecule is C[C@@H]1CN(Cc2ccc3cc(F)ccc3c2)[C@@H](C)CN1C(=O)CO[C@H]1CC[C@H](Nc2ccc([N+](=O)[O-])c(C(F)(F)F)c2)CC1. The molecule has 1 N–H and O–H groups in total. The largest absolute Gasteiger partial charge is 0.423 e. The van der Waals surface area contributed by atoms with Crippen LogP contribution in [0, 0.1) is 15.9 Å². The number of ether oxygens (including phenoxy) is 1. The van der Waals surface area contributed by atoms with Crippen LogP contribution in [0.15, 0.2) is 54.6 Å². The molecule has 1 heterocycles. The molecular formula is C32H36F4N4O4. The van der Waals surface area contributed by atoms with Gasteiger partial charge in [0.1, 0.15) is 18.0 Å². The van der Waals surface area contributed by atoms with Gasteiger partial charge in [-0.3, -0.25) is 19.8 Å². The molecule has 1 saturated heterocycles. The van der Waals surface area contributed by atoms with Crippen LogP contribution in [0.1, 0.15) is 50.7 Å². The fourth-order valence-electron chi connectivity index (χ4n) is 6.26. The van der Waals surface area contributed by atoms with Crippen LogP contribution in [0.2, 0.25) is 0 Å². The van der Waals surface area contributed by atoms with E-state index >= 15 is 0 Å². The molecular weight excluding hydrogens is 580 g/mol. The van der Waals surface area contributed by atoms with E-state index < -0.39 is 22.4 Å². The molecule has 236 valence electrons. The summed E-state index contributed by atoms with van der Waals surface area (Å²) >= 11 is 0. The normalized spacial score (nSPS) is 23.1. The Labute approximate surface area is 253 Å². The molecule has 1 aliphatic heterocycles. The Bertz CT molecular complexity index is 1510. The molecule has 1 amide bonds. The number of carbonyl (C=O) groups is 1. The highest BCUT2D eigenvalue weighted by Crippen LogP contribution is 2.38. The first kappa shape index (κ1) is 31.6. The molecule has 0 spiro atoms. The number of nitrogens with zero attached hydrogens (tertiary/aromatic N) is 3. The van der Waals surface area contributed by atoms with Gasteiger partial charge in [-0.2, -0.15) is 13.2 Å². The van der Waals surface area contributed by atoms with Crippen molar-refractivity contribution < 1.29 is 32.0 Å². The molecule has 1 saturated carbocycles. The van der Waals surface area contributed by atoms with E-state index in [1.54, 1.807) is 6.07 Å². The van der Waals surface area contributed by atoms with Gasteiger partial charge in [0.05, 0.1) is 11.0 Å². The van der Waals surface area contributed by atoms with Crippen LogP contribution in [-0.2, 0) is 22.3 Å². The fourth-order valence-corrected chi connectivity index (χ4v) is 6.26. The van der Waals surface area contributed by atoms with Crippen molar-refractivity contribution in [3.05, 3.63) is 81.7 Å². The highest BCUT2D eigenvalue weighted by Gasteiger charge is 2.39. The Morgan fingerprint density at radius 3 is 2.39 bits per heavy atom. The number of rotatable bonds is 8. The van der Waals surface area contributed by atoms with Gasteiger partial charge in [0.15, 0.2) is 0 Å². The number of halogens is 4. The zero-order chi connectivity index (χ0) is 31.6. The molecule has 0 aromatic heterocycles. The molecule has 0 bridgehead atoms. The van der Waals surface area contributed by atoms with Crippen molar-refractivity contribution in [1.29, 1.82) is 0 Å². The molecule has 0 radical (unpaired) electrons. The number of benzene rings is 3. The number of piperazine rings is 1. The van der Waals surface area contributed by atoms with E-state index in [1.807, 2.05) is 24.0 Å². The van der Waals surface area contributed by atoms with Crippen molar-refractivity contribution in [3.63, 3.8) is 0 Å². The molecule has 12 heteroatoms. The zero-order valence-electron chi connectivity index (χ0n) is 24.6. The van der Waals surface area contributed by atoms with Crippen molar-refractivity contribution in [3.8, 4) is 0 Å². The fraction of sp³-hybridized carbons (Fsp3) is 0.469. The average Bonchev–Trinajstić information content (AvgIpc) is 2.98. The average molecular weight is 617 g/mol. The molecule has 2 fully saturated rings. The third-order valence-corrected chi connectivity index (χ3v) is 8.67. The van der Waals surface area contributed by atoms with Gasteiger partial charge in [0, 0.05) is 49.5 Å². The van der Waals surface area contributed by atoms with Gasteiger partial charge in [-0.25, -0.2) is 4.39 Å². The quantitative estimate of drug-likeness (QED) is 0.171. The first-order valence-electron chi connectivity index (χ1n) is 14.8. The van der Waals surface area contributed by atoms with Crippen LogP contribution >= 0.6 is 0 Å². The van der Waals surface area contributed by atoms with Gasteiger partial charge in [0.2, 0.25) is 5.91 Å². The van der Waals surface area contributed by atoms with Gasteiger partial charge in [-0.15, -0.1) is 0 Å². The smallest absolute Gasteiger partial charge is 0.382 e. The number of nitro benzene ring substituents is 1. The Balaban J connectivity index is 1.08. The lowest BCUT2D eigenvalue weighted by Gasteiger charge is -2.44. The Hall–Kier alpha value is -3.77. The van der Waals surface area contributed by atoms with Gasteiger partial charge in [0.25, 0.3) is 5.69 Å². The number of amides is 1. The van der Waals surface area contributed by atoms with E-state index in [2.05, 4.69) is 23.2 Å². The molecule has 3 aromatic rings. The van der Waals surface area contributed by atoms with Crippen molar-refractivity contribution in [2.45, 2.75) is 76.5 Å². The van der Waals surface area contributed by atoms with Gasteiger partial charge in [-0.05, 0) is 86.2 Å². The van der Waals surface area contributed by atoms with Crippen LogP contribution < -0.4 is 5.32 Å². The Morgan fingerprint density at radius 1 is 0.977 bits per heavy atom. The second-order valence-electron chi connectivity index (χ2n) is 11.9. The van der Waals surface area contributed by atoms with Gasteiger partial charge >= 0.3 is 6.18 Å². The summed E-state index contributed by atoms with van der Waals surface area (Å²) in [7, 11) is 0. The maximum Gasteiger partial charge on any atom is 0.423 e. The molecule has 3 aromatic carbocycles. The predicted molar refractivity (Wildman–Crippen MR) is 159 cm³/mol. The van der Waals surface area contributed by atoms with Crippen LogP contribution in [-0.4, -0.2) is 64.6 Å². The maximum absolute atomic E-state index is 13.5. The Kier molecular flexibility index (Phi) is 9.40. The van der Waals surface area contributed by atoms with Crippen molar-refractivity contribution in [2.24, 2.45) is 0 Å². The van der Waals surface area contributed by atoms with Crippen molar-refractivity contribution in [2.75, 3.05) is 25.0 Å². The minimum Gasteiger partial charge on any atom is -0.382 e. The van der Waals surface area contributed by atoms with E-state index in [0.717, 1.165) is 35.0 Å². The third-order valence-electron chi connectivity index (χ3n) is 8.67. The third kappa shape index (κ3) is 7.47. The first-order valence-corrected chi connectivity index (χ1v) is 14.8. The second kappa shape index (κ2) is 13.1. The van der Waals surface area contributed by atoms with Crippen molar-refractivity contribution in [1.82, 2.24) is 9.80 Å². The number of alkyl halides is 3. The number of hydrogen-bond donors (Lipinski definition) is 1. The lowest BCUT2D eigenvalue weighted by atomic mass is 9.92. The van der Waals surface area contributed by atoms with Crippen LogP contribution in [0.25, 0.3) is 10.8 Å². The van der Waals surface area contributed by atoms with Crippen LogP contribution in [0.3, 0.4) is 0 Å². The standard InChI is InChI=1S/C32H36F4N4O4/c1-20-17-39(21(2)16-38(20)18-22-3-4-24-14-25(33)6-5-23(24)13-22)31(41)19-44-28-10-7-26(8-11-28)37-27-9-12-30(40(42)43)29(15-27)32(34,35)36/h3-6,9,12-15,20-21,26,28,37H,7-8,10-11,16-19H2,1-2H3/t20-,21+,26-,28-/m0/s1. The number of nitro groups is 1. The zero-order valence-corrected chi connectivity index (χ0v) is 24.6. The summed E-state index contributed by atoms with van der Waals surface area (Å²) in [6, 6.07) is 13.8. The molecule has 2 aliphatic rings. The summed E-state index contributed by atoms with van der Waals surface area (Å²) in [6.45, 7) is 6.11. The molecule has 5 rings (SSSR count). The van der Waals surface area contributed by atoms with Crippen LogP contribution in [0.4, 0.5) is 28.9 Å². The minimum atomic E-state index is -4.83. The summed E-state index contributed by atoms with van der Waals surface area (Å²) in [5.74, 6) is -0.324. The summed E-state index contributed by atoms with van der Waals surface area (Å²) in [4.78, 5) is 27.3. The van der Waals surface area contributed by atoms with E-state index in [-0.39, 0.29) is 48.2 Å². The highest BCUT2D eigenvalue weighted by atomic mass is 19.4. The topological polar surface area (TPSA) is 88.0 Å². The van der Waals surface area contributed by atoms with E-state index in [0.29, 0.717) is 38.8 Å². The van der Waals surface area contributed by atoms with E-state index in [4.69, 9.17) is 4.74 Å². The van der Waals surface area contributed by atoms with E-state index in [1.165, 1.54) is 18.2 Å². The summed E-state index contributed by atoms with van der Waals surface area (Å²) < 4.78 is 59.5. The van der Waals surface area contributed by atoms with Crippen LogP contribution in [0.5, 0.6) is 0 Å². The molecule has 0 unspecified atom stereocenters. The molecule has 2 atom stereocenters. The second-order valence-corrected chi connectivity index (χ2v) is 11.9. The number of anilines is 1. The summed E-state index contributed by atoms with van der Waals surface area (Å²) in [5, 5.41) is 15.9.